The molecule has 4 heteroatoms. The number of aromatic nitrogens is 2. The summed E-state index contributed by atoms with van der Waals surface area (Å²) < 4.78 is 0. The van der Waals surface area contributed by atoms with Gasteiger partial charge in [0.1, 0.15) is 5.15 Å². The first-order valence-electron chi connectivity index (χ1n) is 4.45. The topological polar surface area (TPSA) is 25.8 Å². The first-order valence-corrected chi connectivity index (χ1v) is 5.21. The predicted octanol–water partition coefficient (Wildman–Crippen LogP) is 3.44. The molecule has 1 aromatic heterocycles. The Morgan fingerprint density at radius 3 is 2.54 bits per heavy atom. The van der Waals surface area contributed by atoms with E-state index < -0.39 is 0 Å². The van der Waals surface area contributed by atoms with E-state index in [1.54, 1.807) is 6.20 Å². The van der Waals surface area contributed by atoms with Crippen molar-refractivity contribution in [1.82, 2.24) is 9.97 Å². The lowest BCUT2D eigenvalue weighted by atomic mass is 10.0. The minimum atomic E-state index is 0.228. The van der Waals surface area contributed by atoms with Crippen molar-refractivity contribution >= 4 is 23.2 Å². The van der Waals surface area contributed by atoms with Crippen LogP contribution in [-0.2, 0) is 0 Å². The lowest BCUT2D eigenvalue weighted by Gasteiger charge is -2.09. The molecule has 0 bridgehead atoms. The molecule has 0 saturated heterocycles. The van der Waals surface area contributed by atoms with E-state index in [2.05, 4.69) is 9.97 Å². The quantitative estimate of drug-likeness (QED) is 0.531. The summed E-state index contributed by atoms with van der Waals surface area (Å²) in [4.78, 5) is 7.89. The fourth-order valence-corrected chi connectivity index (χ4v) is 2.32. The van der Waals surface area contributed by atoms with Crippen LogP contribution in [0.3, 0.4) is 0 Å². The van der Waals surface area contributed by atoms with Crippen LogP contribution in [-0.4, -0.2) is 9.97 Å². The van der Waals surface area contributed by atoms with Crippen LogP contribution in [0.15, 0.2) is 6.20 Å². The van der Waals surface area contributed by atoms with Gasteiger partial charge in [-0.05, 0) is 30.4 Å². The molecule has 0 aliphatic heterocycles. The number of halogens is 2. The highest BCUT2D eigenvalue weighted by Crippen LogP contribution is 2.36. The highest BCUT2D eigenvalue weighted by Gasteiger charge is 2.20. The number of rotatable bonds is 1. The normalized spacial score (nSPS) is 18.0. The summed E-state index contributed by atoms with van der Waals surface area (Å²) in [5, 5.41) is 0.749. The van der Waals surface area contributed by atoms with E-state index in [9.17, 15) is 0 Å². The van der Waals surface area contributed by atoms with E-state index in [1.807, 2.05) is 0 Å². The van der Waals surface area contributed by atoms with Gasteiger partial charge < -0.3 is 0 Å². The molecule has 1 heterocycles. The molecule has 0 unspecified atom stereocenters. The molecule has 70 valence electrons. The predicted molar refractivity (Wildman–Crippen MR) is 53.3 cm³/mol. The second-order valence-corrected chi connectivity index (χ2v) is 4.06. The van der Waals surface area contributed by atoms with Crippen molar-refractivity contribution in [2.45, 2.75) is 31.6 Å². The van der Waals surface area contributed by atoms with Crippen LogP contribution in [0.1, 0.15) is 37.2 Å². The first kappa shape index (κ1) is 9.22. The smallest absolute Gasteiger partial charge is 0.223 e. The molecular formula is C9H10Cl2N2. The molecule has 2 nitrogen and oxygen atoms in total. The van der Waals surface area contributed by atoms with Crippen molar-refractivity contribution in [3.05, 3.63) is 22.2 Å². The lowest BCUT2D eigenvalue weighted by molar-refractivity contribution is 0.714. The van der Waals surface area contributed by atoms with Gasteiger partial charge in [0.15, 0.2) is 0 Å². The van der Waals surface area contributed by atoms with Crippen LogP contribution < -0.4 is 0 Å². The van der Waals surface area contributed by atoms with Gasteiger partial charge in [0.2, 0.25) is 5.28 Å². The van der Waals surface area contributed by atoms with Gasteiger partial charge in [-0.2, -0.15) is 0 Å². The minimum absolute atomic E-state index is 0.228. The van der Waals surface area contributed by atoms with E-state index in [0.717, 1.165) is 5.56 Å². The highest BCUT2D eigenvalue weighted by molar-refractivity contribution is 6.32. The van der Waals surface area contributed by atoms with Crippen LogP contribution in [0, 0.1) is 0 Å². The van der Waals surface area contributed by atoms with Crippen molar-refractivity contribution in [2.24, 2.45) is 0 Å². The number of hydrogen-bond donors (Lipinski definition) is 0. The van der Waals surface area contributed by atoms with Crippen LogP contribution >= 0.6 is 23.2 Å². The van der Waals surface area contributed by atoms with E-state index in [4.69, 9.17) is 23.2 Å². The third-order valence-electron chi connectivity index (χ3n) is 2.53. The third kappa shape index (κ3) is 1.94. The Kier molecular flexibility index (Phi) is 2.70. The number of nitrogens with zero attached hydrogens (tertiary/aromatic N) is 2. The number of hydrogen-bond acceptors (Lipinski definition) is 2. The van der Waals surface area contributed by atoms with E-state index in [1.165, 1.54) is 25.7 Å². The molecule has 0 radical (unpaired) electrons. The Morgan fingerprint density at radius 2 is 1.92 bits per heavy atom. The van der Waals surface area contributed by atoms with Crippen molar-refractivity contribution in [2.75, 3.05) is 0 Å². The molecule has 13 heavy (non-hydrogen) atoms. The fraction of sp³-hybridized carbons (Fsp3) is 0.556. The zero-order chi connectivity index (χ0) is 9.26. The first-order chi connectivity index (χ1) is 6.27. The summed E-state index contributed by atoms with van der Waals surface area (Å²) in [5.41, 5.74) is 1.06. The Hall–Kier alpha value is -0.340. The molecule has 1 saturated carbocycles. The molecule has 1 fully saturated rings. The second-order valence-electron chi connectivity index (χ2n) is 3.37. The molecule has 1 aliphatic rings. The maximum atomic E-state index is 5.97. The summed E-state index contributed by atoms with van der Waals surface area (Å²) >= 11 is 11.6. The van der Waals surface area contributed by atoms with E-state index in [-0.39, 0.29) is 5.28 Å². The standard InChI is InChI=1S/C9H10Cl2N2/c10-8-7(5-12-9(11)13-8)6-3-1-2-4-6/h5-6H,1-4H2. The lowest BCUT2D eigenvalue weighted by Crippen LogP contribution is -1.97. The molecule has 1 aliphatic carbocycles. The Balaban J connectivity index is 2.29. The van der Waals surface area contributed by atoms with Gasteiger partial charge in [0, 0.05) is 11.8 Å². The molecule has 1 aromatic rings. The Bertz CT molecular complexity index is 308. The minimum Gasteiger partial charge on any atom is -0.226 e. The van der Waals surface area contributed by atoms with Gasteiger partial charge in [-0.1, -0.05) is 24.4 Å². The van der Waals surface area contributed by atoms with Gasteiger partial charge in [0.05, 0.1) is 0 Å². The largest absolute Gasteiger partial charge is 0.226 e. The second kappa shape index (κ2) is 3.81. The zero-order valence-electron chi connectivity index (χ0n) is 7.13. The maximum Gasteiger partial charge on any atom is 0.223 e. The van der Waals surface area contributed by atoms with Crippen LogP contribution in [0.2, 0.25) is 10.4 Å². The highest BCUT2D eigenvalue weighted by atomic mass is 35.5. The summed E-state index contributed by atoms with van der Waals surface area (Å²) in [6.45, 7) is 0. The van der Waals surface area contributed by atoms with Crippen molar-refractivity contribution in [3.8, 4) is 0 Å². The summed E-state index contributed by atoms with van der Waals surface area (Å²) in [6, 6.07) is 0. The molecule has 0 atom stereocenters. The van der Waals surface area contributed by atoms with E-state index >= 15 is 0 Å². The van der Waals surface area contributed by atoms with Crippen LogP contribution in [0.25, 0.3) is 0 Å². The molecular weight excluding hydrogens is 207 g/mol. The van der Waals surface area contributed by atoms with Gasteiger partial charge in [-0.25, -0.2) is 9.97 Å². The summed E-state index contributed by atoms with van der Waals surface area (Å²) in [6.07, 6.45) is 6.72. The Labute approximate surface area is 87.3 Å². The van der Waals surface area contributed by atoms with Crippen LogP contribution in [0.5, 0.6) is 0 Å². The van der Waals surface area contributed by atoms with Gasteiger partial charge >= 0.3 is 0 Å². The average Bonchev–Trinajstić information content (AvgIpc) is 2.56. The van der Waals surface area contributed by atoms with Crippen molar-refractivity contribution < 1.29 is 0 Å². The van der Waals surface area contributed by atoms with E-state index in [0.29, 0.717) is 11.1 Å². The monoisotopic (exact) mass is 216 g/mol. The fourth-order valence-electron chi connectivity index (χ4n) is 1.86. The van der Waals surface area contributed by atoms with Crippen molar-refractivity contribution in [1.29, 1.82) is 0 Å². The van der Waals surface area contributed by atoms with Crippen molar-refractivity contribution in [3.63, 3.8) is 0 Å². The average molecular weight is 217 g/mol. The SMILES string of the molecule is Clc1ncc(C2CCCC2)c(Cl)n1. The zero-order valence-corrected chi connectivity index (χ0v) is 8.65. The van der Waals surface area contributed by atoms with Crippen LogP contribution in [0.4, 0.5) is 0 Å². The molecule has 0 amide bonds. The Morgan fingerprint density at radius 1 is 1.23 bits per heavy atom. The van der Waals surface area contributed by atoms with Gasteiger partial charge in [-0.15, -0.1) is 0 Å². The summed E-state index contributed by atoms with van der Waals surface area (Å²) in [5.74, 6) is 0.546. The maximum absolute atomic E-state index is 5.97. The van der Waals surface area contributed by atoms with Gasteiger partial charge in [-0.3, -0.25) is 0 Å². The molecule has 2 rings (SSSR count). The molecule has 0 aromatic carbocycles. The van der Waals surface area contributed by atoms with Gasteiger partial charge in [0.25, 0.3) is 0 Å². The summed E-state index contributed by atoms with van der Waals surface area (Å²) in [7, 11) is 0. The molecule has 0 N–H and O–H groups in total. The molecule has 0 spiro atoms. The third-order valence-corrected chi connectivity index (χ3v) is 3.02.